The van der Waals surface area contributed by atoms with Gasteiger partial charge in [-0.3, -0.25) is 9.59 Å². The van der Waals surface area contributed by atoms with Gasteiger partial charge in [-0.25, -0.2) is 9.59 Å². The van der Waals surface area contributed by atoms with Gasteiger partial charge in [0.1, 0.15) is 12.4 Å². The molecular formula is C25H31N3O7. The van der Waals surface area contributed by atoms with Crippen LogP contribution in [0.1, 0.15) is 50.6 Å². The van der Waals surface area contributed by atoms with Crippen LogP contribution >= 0.6 is 0 Å². The van der Waals surface area contributed by atoms with E-state index in [-0.39, 0.29) is 42.9 Å². The summed E-state index contributed by atoms with van der Waals surface area (Å²) in [6.45, 7) is 1.85. The Morgan fingerprint density at radius 2 is 1.80 bits per heavy atom. The van der Waals surface area contributed by atoms with Crippen molar-refractivity contribution in [3.63, 3.8) is 0 Å². The Bertz CT molecular complexity index is 1010. The zero-order chi connectivity index (χ0) is 24.9. The lowest BCUT2D eigenvalue weighted by Gasteiger charge is -2.29. The Labute approximate surface area is 204 Å². The maximum Gasteiger partial charge on any atom is 0.338 e. The molecule has 10 nitrogen and oxygen atoms in total. The normalized spacial score (nSPS) is 22.6. The number of urea groups is 1. The molecule has 0 aromatic heterocycles. The van der Waals surface area contributed by atoms with Gasteiger partial charge >= 0.3 is 18.0 Å². The molecule has 4 rings (SSSR count). The zero-order valence-electron chi connectivity index (χ0n) is 20.0. The van der Waals surface area contributed by atoms with E-state index in [0.717, 1.165) is 25.7 Å². The fourth-order valence-electron chi connectivity index (χ4n) is 4.95. The predicted octanol–water partition coefficient (Wildman–Crippen LogP) is 2.20. The zero-order valence-corrected chi connectivity index (χ0v) is 20.0. The second kappa shape index (κ2) is 10.8. The summed E-state index contributed by atoms with van der Waals surface area (Å²) in [6, 6.07) is 5.78. The molecule has 1 aromatic carbocycles. The minimum absolute atomic E-state index is 0.0278. The van der Waals surface area contributed by atoms with Crippen LogP contribution in [0.3, 0.4) is 0 Å². The largest absolute Gasteiger partial charge is 0.497 e. The fourth-order valence-corrected chi connectivity index (χ4v) is 4.95. The number of methoxy groups -OCH3 is 1. The summed E-state index contributed by atoms with van der Waals surface area (Å²) >= 11 is 0. The quantitative estimate of drug-likeness (QED) is 0.541. The summed E-state index contributed by atoms with van der Waals surface area (Å²) in [5.74, 6) is -1.12. The van der Waals surface area contributed by atoms with Crippen molar-refractivity contribution in [2.45, 2.75) is 51.1 Å². The number of amides is 3. The van der Waals surface area contributed by atoms with Crippen LogP contribution in [0.25, 0.3) is 0 Å². The van der Waals surface area contributed by atoms with Crippen LogP contribution in [0.15, 0.2) is 35.5 Å². The molecule has 0 spiro atoms. The number of rotatable bonds is 8. The van der Waals surface area contributed by atoms with E-state index in [1.54, 1.807) is 43.2 Å². The summed E-state index contributed by atoms with van der Waals surface area (Å²) in [6.07, 6.45) is 4.24. The van der Waals surface area contributed by atoms with Crippen molar-refractivity contribution in [3.05, 3.63) is 41.1 Å². The van der Waals surface area contributed by atoms with Gasteiger partial charge in [0.2, 0.25) is 5.91 Å². The molecule has 10 heteroatoms. The lowest BCUT2D eigenvalue weighted by Crippen LogP contribution is -2.47. The Balaban J connectivity index is 1.51. The first-order valence-corrected chi connectivity index (χ1v) is 12.0. The predicted molar refractivity (Wildman–Crippen MR) is 124 cm³/mol. The lowest BCUT2D eigenvalue weighted by atomic mass is 9.95. The molecule has 35 heavy (non-hydrogen) atoms. The molecule has 2 fully saturated rings. The van der Waals surface area contributed by atoms with Crippen molar-refractivity contribution >= 4 is 23.9 Å². The van der Waals surface area contributed by atoms with Crippen molar-refractivity contribution in [1.29, 1.82) is 0 Å². The highest BCUT2D eigenvalue weighted by atomic mass is 16.5. The highest BCUT2D eigenvalue weighted by molar-refractivity contribution is 5.95. The van der Waals surface area contributed by atoms with E-state index in [0.29, 0.717) is 17.9 Å². The third-order valence-electron chi connectivity index (χ3n) is 6.71. The molecule has 1 aliphatic carbocycles. The Morgan fingerprint density at radius 3 is 2.46 bits per heavy atom. The summed E-state index contributed by atoms with van der Waals surface area (Å²) < 4.78 is 15.9. The molecule has 1 aromatic rings. The number of ether oxygens (including phenoxy) is 3. The van der Waals surface area contributed by atoms with E-state index < -0.39 is 29.9 Å². The van der Waals surface area contributed by atoms with Gasteiger partial charge < -0.3 is 29.7 Å². The lowest BCUT2D eigenvalue weighted by molar-refractivity contribution is -0.148. The van der Waals surface area contributed by atoms with Gasteiger partial charge in [0.25, 0.3) is 0 Å². The molecule has 188 valence electrons. The molecule has 0 radical (unpaired) electrons. The van der Waals surface area contributed by atoms with Gasteiger partial charge in [-0.15, -0.1) is 0 Å². The summed E-state index contributed by atoms with van der Waals surface area (Å²) in [5, 5.41) is 5.32. The van der Waals surface area contributed by atoms with Crippen LogP contribution in [0.2, 0.25) is 0 Å². The number of likely N-dealkylation sites (tertiary alicyclic amines) is 1. The summed E-state index contributed by atoms with van der Waals surface area (Å²) in [7, 11) is 1.54. The summed E-state index contributed by atoms with van der Waals surface area (Å²) in [4.78, 5) is 52.4. The van der Waals surface area contributed by atoms with Gasteiger partial charge in [-0.2, -0.15) is 0 Å². The number of carbonyl (C=O) groups excluding carboxylic acids is 4. The van der Waals surface area contributed by atoms with Crippen molar-refractivity contribution in [2.24, 2.45) is 5.92 Å². The average Bonchev–Trinajstić information content (AvgIpc) is 3.52. The molecule has 0 unspecified atom stereocenters. The monoisotopic (exact) mass is 485 g/mol. The molecule has 2 heterocycles. The van der Waals surface area contributed by atoms with Crippen LogP contribution < -0.4 is 15.4 Å². The molecule has 1 saturated heterocycles. The Morgan fingerprint density at radius 1 is 1.09 bits per heavy atom. The standard InChI is InChI=1S/C25H31N3O7/c1-3-34-24(31)21-19(26-25(32)27-22(21)15-8-10-18(33-2)11-9-15)14-35-23(30)16-12-20(29)28(13-16)17-6-4-5-7-17/h8-11,16-17,22H,3-7,12-14H2,1-2H3,(H2,26,27,32)/t16-,22-/m1/s1. The van der Waals surface area contributed by atoms with Crippen LogP contribution in [0, 0.1) is 5.92 Å². The minimum Gasteiger partial charge on any atom is -0.497 e. The van der Waals surface area contributed by atoms with E-state index in [1.807, 2.05) is 0 Å². The van der Waals surface area contributed by atoms with Crippen molar-refractivity contribution < 1.29 is 33.4 Å². The second-order valence-corrected chi connectivity index (χ2v) is 8.91. The minimum atomic E-state index is -0.798. The van der Waals surface area contributed by atoms with Crippen molar-refractivity contribution in [2.75, 3.05) is 26.9 Å². The highest BCUT2D eigenvalue weighted by Gasteiger charge is 2.40. The van der Waals surface area contributed by atoms with Crippen LogP contribution in [-0.2, 0) is 23.9 Å². The first-order chi connectivity index (χ1) is 16.9. The summed E-state index contributed by atoms with van der Waals surface area (Å²) in [5.41, 5.74) is 0.943. The number of esters is 2. The molecule has 2 atom stereocenters. The molecule has 3 aliphatic rings. The number of hydrogen-bond donors (Lipinski definition) is 2. The van der Waals surface area contributed by atoms with Crippen LogP contribution in [0.5, 0.6) is 5.75 Å². The van der Waals surface area contributed by atoms with E-state index in [2.05, 4.69) is 10.6 Å². The first kappa shape index (κ1) is 24.6. The average molecular weight is 486 g/mol. The van der Waals surface area contributed by atoms with E-state index in [4.69, 9.17) is 14.2 Å². The Kier molecular flexibility index (Phi) is 7.57. The number of carbonyl (C=O) groups is 4. The fraction of sp³-hybridized carbons (Fsp3) is 0.520. The van der Waals surface area contributed by atoms with Crippen LogP contribution in [-0.4, -0.2) is 61.7 Å². The first-order valence-electron chi connectivity index (χ1n) is 12.0. The van der Waals surface area contributed by atoms with Crippen molar-refractivity contribution in [1.82, 2.24) is 15.5 Å². The molecule has 2 aliphatic heterocycles. The highest BCUT2D eigenvalue weighted by Crippen LogP contribution is 2.31. The van der Waals surface area contributed by atoms with Gasteiger partial charge in [0, 0.05) is 19.0 Å². The molecule has 1 saturated carbocycles. The van der Waals surface area contributed by atoms with E-state index in [1.165, 1.54) is 0 Å². The van der Waals surface area contributed by atoms with Gasteiger partial charge in [0.15, 0.2) is 0 Å². The Hall–Kier alpha value is -3.56. The van der Waals surface area contributed by atoms with E-state index in [9.17, 15) is 19.2 Å². The van der Waals surface area contributed by atoms with Crippen molar-refractivity contribution in [3.8, 4) is 5.75 Å². The van der Waals surface area contributed by atoms with Gasteiger partial charge in [0.05, 0.1) is 36.9 Å². The molecule has 2 N–H and O–H groups in total. The smallest absolute Gasteiger partial charge is 0.338 e. The van der Waals surface area contributed by atoms with Gasteiger partial charge in [-0.1, -0.05) is 25.0 Å². The SMILES string of the molecule is CCOC(=O)C1=C(COC(=O)[C@@H]2CC(=O)N(C3CCCC3)C2)NC(=O)N[C@@H]1c1ccc(OC)cc1. The second-order valence-electron chi connectivity index (χ2n) is 8.91. The molecular weight excluding hydrogens is 454 g/mol. The number of hydrogen-bond acceptors (Lipinski definition) is 7. The molecule has 0 bridgehead atoms. The maximum absolute atomic E-state index is 12.9. The maximum atomic E-state index is 12.9. The topological polar surface area (TPSA) is 123 Å². The van der Waals surface area contributed by atoms with Gasteiger partial charge in [-0.05, 0) is 37.5 Å². The van der Waals surface area contributed by atoms with Crippen LogP contribution in [0.4, 0.5) is 4.79 Å². The molecule has 3 amide bonds. The third-order valence-corrected chi connectivity index (χ3v) is 6.71. The third kappa shape index (κ3) is 5.41. The number of benzene rings is 1. The van der Waals surface area contributed by atoms with E-state index >= 15 is 0 Å². The number of nitrogens with one attached hydrogen (secondary N) is 2. The number of nitrogens with zero attached hydrogens (tertiary/aromatic N) is 1.